The lowest BCUT2D eigenvalue weighted by atomic mass is 9.52. The number of rotatable bonds is 2. The van der Waals surface area contributed by atoms with Gasteiger partial charge in [0, 0.05) is 0 Å². The number of aliphatic hydroxyl groups excluding tert-OH is 1. The maximum Gasteiger partial charge on any atom is 0.119 e. The van der Waals surface area contributed by atoms with Crippen molar-refractivity contribution in [2.24, 2.45) is 23.2 Å². The number of hydrogen-bond acceptors (Lipinski definition) is 2. The molecule has 0 spiro atoms. The van der Waals surface area contributed by atoms with Crippen molar-refractivity contribution in [1.82, 2.24) is 0 Å². The molecule has 0 saturated heterocycles. The van der Waals surface area contributed by atoms with Crippen molar-refractivity contribution >= 4 is 0 Å². The molecule has 1 aromatic carbocycles. The Balaban J connectivity index is 1.75. The predicted octanol–water partition coefficient (Wildman–Crippen LogP) is 4.55. The normalized spacial score (nSPS) is 41.8. The maximum absolute atomic E-state index is 10.6. The molecule has 3 aliphatic carbocycles. The SMILES string of the molecule is CC[C@@H]1Cc2cc(OC)ccc2[C@H]2CC[C@]3(C)[C@@H](O)CC[C@H]3[C@H]12. The van der Waals surface area contributed by atoms with Crippen LogP contribution >= 0.6 is 0 Å². The molecule has 3 aliphatic rings. The van der Waals surface area contributed by atoms with Crippen LogP contribution in [-0.2, 0) is 6.42 Å². The summed E-state index contributed by atoms with van der Waals surface area (Å²) in [6.07, 6.45) is 7.01. The highest BCUT2D eigenvalue weighted by Gasteiger charge is 2.56. The standard InChI is InChI=1S/C21H30O2/c1-4-13-11-14-12-15(23-3)5-6-16(14)17-9-10-21(2)18(20(13)17)7-8-19(21)22/h5-6,12-13,17-20,22H,4,7-11H2,1-3H3/t13-,17-,18+,19+,20-,21+/m1/s1. The van der Waals surface area contributed by atoms with Crippen molar-refractivity contribution in [1.29, 1.82) is 0 Å². The van der Waals surface area contributed by atoms with Gasteiger partial charge in [0.25, 0.3) is 0 Å². The maximum atomic E-state index is 10.6. The van der Waals surface area contributed by atoms with Gasteiger partial charge in [0.15, 0.2) is 0 Å². The van der Waals surface area contributed by atoms with E-state index in [-0.39, 0.29) is 11.5 Å². The van der Waals surface area contributed by atoms with Crippen LogP contribution in [0.4, 0.5) is 0 Å². The van der Waals surface area contributed by atoms with E-state index < -0.39 is 0 Å². The Morgan fingerprint density at radius 3 is 2.83 bits per heavy atom. The Kier molecular flexibility index (Phi) is 3.72. The zero-order chi connectivity index (χ0) is 16.2. The van der Waals surface area contributed by atoms with E-state index in [4.69, 9.17) is 4.74 Å². The molecule has 0 aliphatic heterocycles. The lowest BCUT2D eigenvalue weighted by Crippen LogP contribution is -2.47. The molecule has 0 amide bonds. The van der Waals surface area contributed by atoms with E-state index in [0.29, 0.717) is 11.8 Å². The van der Waals surface area contributed by atoms with Crippen molar-refractivity contribution in [2.45, 2.75) is 64.4 Å². The monoisotopic (exact) mass is 314 g/mol. The Morgan fingerprint density at radius 1 is 1.26 bits per heavy atom. The average molecular weight is 314 g/mol. The number of hydrogen-bond donors (Lipinski definition) is 1. The third kappa shape index (κ3) is 2.17. The predicted molar refractivity (Wildman–Crippen MR) is 92.8 cm³/mol. The second-order valence-corrected chi connectivity index (χ2v) is 8.37. The lowest BCUT2D eigenvalue weighted by molar-refractivity contribution is -0.0386. The Hall–Kier alpha value is -1.02. The Bertz CT molecular complexity index is 596. The van der Waals surface area contributed by atoms with E-state index in [0.717, 1.165) is 24.0 Å². The number of fused-ring (bicyclic) bond motifs is 5. The highest BCUT2D eigenvalue weighted by Crippen LogP contribution is 2.62. The Labute approximate surface area is 140 Å². The summed E-state index contributed by atoms with van der Waals surface area (Å²) in [7, 11) is 1.76. The molecule has 2 heteroatoms. The van der Waals surface area contributed by atoms with Crippen LogP contribution in [0.5, 0.6) is 5.75 Å². The van der Waals surface area contributed by atoms with Gasteiger partial charge in [0.05, 0.1) is 13.2 Å². The molecule has 0 heterocycles. The van der Waals surface area contributed by atoms with Gasteiger partial charge in [-0.25, -0.2) is 0 Å². The third-order valence-electron chi connectivity index (χ3n) is 7.58. The largest absolute Gasteiger partial charge is 0.497 e. The first-order valence-electron chi connectivity index (χ1n) is 9.43. The fourth-order valence-corrected chi connectivity index (χ4v) is 6.27. The summed E-state index contributed by atoms with van der Waals surface area (Å²) in [6, 6.07) is 6.73. The van der Waals surface area contributed by atoms with Crippen LogP contribution in [0.2, 0.25) is 0 Å². The zero-order valence-corrected chi connectivity index (χ0v) is 14.7. The molecular formula is C21H30O2. The lowest BCUT2D eigenvalue weighted by Gasteiger charge is -2.53. The quantitative estimate of drug-likeness (QED) is 0.868. The van der Waals surface area contributed by atoms with Gasteiger partial charge in [-0.2, -0.15) is 0 Å². The van der Waals surface area contributed by atoms with Crippen LogP contribution in [0.15, 0.2) is 18.2 Å². The molecule has 0 bridgehead atoms. The second kappa shape index (κ2) is 5.51. The van der Waals surface area contributed by atoms with E-state index in [2.05, 4.69) is 32.0 Å². The van der Waals surface area contributed by atoms with E-state index in [1.165, 1.54) is 37.7 Å². The second-order valence-electron chi connectivity index (χ2n) is 8.37. The average Bonchev–Trinajstić information content (AvgIpc) is 2.88. The summed E-state index contributed by atoms with van der Waals surface area (Å²) < 4.78 is 5.45. The molecule has 23 heavy (non-hydrogen) atoms. The molecule has 2 fully saturated rings. The minimum absolute atomic E-state index is 0.0804. The fourth-order valence-electron chi connectivity index (χ4n) is 6.27. The van der Waals surface area contributed by atoms with Crippen molar-refractivity contribution < 1.29 is 9.84 Å². The number of aliphatic hydroxyl groups is 1. The number of methoxy groups -OCH3 is 1. The fraction of sp³-hybridized carbons (Fsp3) is 0.714. The van der Waals surface area contributed by atoms with Gasteiger partial charge in [-0.15, -0.1) is 0 Å². The summed E-state index contributed by atoms with van der Waals surface area (Å²) in [4.78, 5) is 0. The molecule has 2 nitrogen and oxygen atoms in total. The highest BCUT2D eigenvalue weighted by molar-refractivity contribution is 5.41. The molecular weight excluding hydrogens is 284 g/mol. The summed E-state index contributed by atoms with van der Waals surface area (Å²) >= 11 is 0. The minimum atomic E-state index is -0.0804. The molecule has 6 atom stereocenters. The molecule has 0 unspecified atom stereocenters. The van der Waals surface area contributed by atoms with Crippen molar-refractivity contribution in [3.63, 3.8) is 0 Å². The first-order valence-corrected chi connectivity index (χ1v) is 9.43. The Morgan fingerprint density at radius 2 is 2.09 bits per heavy atom. The van der Waals surface area contributed by atoms with Crippen LogP contribution in [0.3, 0.4) is 0 Å². The van der Waals surface area contributed by atoms with Crippen LogP contribution in [-0.4, -0.2) is 18.3 Å². The van der Waals surface area contributed by atoms with E-state index >= 15 is 0 Å². The van der Waals surface area contributed by atoms with E-state index in [9.17, 15) is 5.11 Å². The van der Waals surface area contributed by atoms with Gasteiger partial charge < -0.3 is 9.84 Å². The van der Waals surface area contributed by atoms with Crippen molar-refractivity contribution in [3.8, 4) is 5.75 Å². The van der Waals surface area contributed by atoms with Gasteiger partial charge >= 0.3 is 0 Å². The molecule has 4 rings (SSSR count). The van der Waals surface area contributed by atoms with Gasteiger partial charge in [0.1, 0.15) is 5.75 Å². The molecule has 126 valence electrons. The van der Waals surface area contributed by atoms with Gasteiger partial charge in [-0.3, -0.25) is 0 Å². The summed E-state index contributed by atoms with van der Waals surface area (Å²) in [5.74, 6) is 3.91. The van der Waals surface area contributed by atoms with Crippen molar-refractivity contribution in [3.05, 3.63) is 29.3 Å². The van der Waals surface area contributed by atoms with E-state index in [1.54, 1.807) is 12.7 Å². The minimum Gasteiger partial charge on any atom is -0.497 e. The summed E-state index contributed by atoms with van der Waals surface area (Å²) in [5, 5.41) is 10.6. The third-order valence-corrected chi connectivity index (χ3v) is 7.58. The number of ether oxygens (including phenoxy) is 1. The zero-order valence-electron chi connectivity index (χ0n) is 14.7. The van der Waals surface area contributed by atoms with Gasteiger partial charge in [0.2, 0.25) is 0 Å². The molecule has 1 N–H and O–H groups in total. The van der Waals surface area contributed by atoms with Crippen molar-refractivity contribution in [2.75, 3.05) is 7.11 Å². The van der Waals surface area contributed by atoms with Crippen LogP contribution in [0.25, 0.3) is 0 Å². The van der Waals surface area contributed by atoms with Crippen LogP contribution in [0, 0.1) is 23.2 Å². The number of benzene rings is 1. The van der Waals surface area contributed by atoms with Crippen LogP contribution < -0.4 is 4.74 Å². The molecule has 0 radical (unpaired) electrons. The van der Waals surface area contributed by atoms with Crippen LogP contribution in [0.1, 0.15) is 63.0 Å². The van der Waals surface area contributed by atoms with Gasteiger partial charge in [-0.05, 0) is 84.5 Å². The molecule has 2 saturated carbocycles. The van der Waals surface area contributed by atoms with Gasteiger partial charge in [-0.1, -0.05) is 26.3 Å². The van der Waals surface area contributed by atoms with E-state index in [1.807, 2.05) is 0 Å². The smallest absolute Gasteiger partial charge is 0.119 e. The summed E-state index contributed by atoms with van der Waals surface area (Å²) in [6.45, 7) is 4.71. The highest BCUT2D eigenvalue weighted by atomic mass is 16.5. The molecule has 1 aromatic rings. The topological polar surface area (TPSA) is 29.5 Å². The summed E-state index contributed by atoms with van der Waals surface area (Å²) in [5.41, 5.74) is 3.25. The molecule has 0 aromatic heterocycles. The first kappa shape index (κ1) is 15.5. The first-order chi connectivity index (χ1) is 11.1.